The Morgan fingerprint density at radius 2 is 1.68 bits per heavy atom. The molecule has 0 bridgehead atoms. The molecule has 0 spiro atoms. The molecule has 164 valence electrons. The number of hydrogen-bond donors (Lipinski definition) is 2. The first-order valence-electron chi connectivity index (χ1n) is 10.3. The smallest absolute Gasteiger partial charge is 0.328 e. The summed E-state index contributed by atoms with van der Waals surface area (Å²) in [4.78, 5) is 25.5. The van der Waals surface area contributed by atoms with E-state index in [1.54, 1.807) is 47.4 Å². The van der Waals surface area contributed by atoms with Gasteiger partial charge in [0, 0.05) is 29.8 Å². The second-order valence-electron chi connectivity index (χ2n) is 7.73. The molecule has 1 saturated carbocycles. The van der Waals surface area contributed by atoms with Crippen molar-refractivity contribution in [2.24, 2.45) is 5.92 Å². The van der Waals surface area contributed by atoms with E-state index in [4.69, 9.17) is 28.3 Å². The normalized spacial score (nSPS) is 15.7. The minimum atomic E-state index is -1.19. The maximum atomic E-state index is 13.0. The van der Waals surface area contributed by atoms with Gasteiger partial charge in [0.15, 0.2) is 0 Å². The van der Waals surface area contributed by atoms with Gasteiger partial charge in [-0.15, -0.1) is 0 Å². The Labute approximate surface area is 191 Å². The molecule has 7 heteroatoms. The maximum absolute atomic E-state index is 13.0. The van der Waals surface area contributed by atoms with Gasteiger partial charge in [-0.05, 0) is 30.9 Å². The van der Waals surface area contributed by atoms with Crippen LogP contribution in [-0.4, -0.2) is 28.6 Å². The third kappa shape index (κ3) is 5.88. The van der Waals surface area contributed by atoms with Crippen LogP contribution in [0, 0.1) is 5.92 Å². The number of carboxylic acids is 1. The van der Waals surface area contributed by atoms with Crippen LogP contribution in [0.4, 0.5) is 5.69 Å². The van der Waals surface area contributed by atoms with E-state index in [0.29, 0.717) is 34.3 Å². The fraction of sp³-hybridized carbons (Fsp3) is 0.333. The van der Waals surface area contributed by atoms with Gasteiger partial charge in [-0.1, -0.05) is 72.8 Å². The van der Waals surface area contributed by atoms with Crippen LogP contribution in [0.3, 0.4) is 0 Å². The van der Waals surface area contributed by atoms with Crippen LogP contribution in [0.5, 0.6) is 0 Å². The number of nitrogens with zero attached hydrogens (tertiary/aromatic N) is 1. The van der Waals surface area contributed by atoms with Gasteiger partial charge in [-0.3, -0.25) is 4.79 Å². The molecule has 3 rings (SSSR count). The number of benzene rings is 2. The number of carbonyl (C=O) groups is 2. The number of carboxylic acid groups (broad SMARTS) is 1. The van der Waals surface area contributed by atoms with Crippen molar-refractivity contribution in [2.75, 3.05) is 11.4 Å². The number of aliphatic hydroxyl groups excluding tert-OH is 1. The second kappa shape index (κ2) is 10.8. The zero-order chi connectivity index (χ0) is 22.4. The average Bonchev–Trinajstić information content (AvgIpc) is 2.78. The molecule has 0 aliphatic heterocycles. The second-order valence-corrected chi connectivity index (χ2v) is 8.51. The van der Waals surface area contributed by atoms with Crippen molar-refractivity contribution >= 4 is 40.8 Å². The summed E-state index contributed by atoms with van der Waals surface area (Å²) < 4.78 is 0. The first-order chi connectivity index (χ1) is 14.9. The third-order valence-electron chi connectivity index (χ3n) is 5.60. The highest BCUT2D eigenvalue weighted by Crippen LogP contribution is 2.37. The zero-order valence-corrected chi connectivity index (χ0v) is 18.5. The summed E-state index contributed by atoms with van der Waals surface area (Å²) in [5.74, 6) is -1.31. The van der Waals surface area contributed by atoms with Crippen LogP contribution < -0.4 is 4.90 Å². The molecule has 0 heterocycles. The van der Waals surface area contributed by atoms with Crippen molar-refractivity contribution in [3.63, 3.8) is 0 Å². The van der Waals surface area contributed by atoms with E-state index in [2.05, 4.69) is 0 Å². The minimum absolute atomic E-state index is 0.252. The lowest BCUT2D eigenvalue weighted by Gasteiger charge is -2.31. The quantitative estimate of drug-likeness (QED) is 0.523. The first kappa shape index (κ1) is 23.3. The van der Waals surface area contributed by atoms with E-state index >= 15 is 0 Å². The predicted molar refractivity (Wildman–Crippen MR) is 123 cm³/mol. The summed E-state index contributed by atoms with van der Waals surface area (Å²) in [6.07, 6.45) is 6.22. The lowest BCUT2D eigenvalue weighted by Crippen LogP contribution is -2.36. The molecule has 1 unspecified atom stereocenters. The van der Waals surface area contributed by atoms with Crippen LogP contribution in [0.15, 0.2) is 54.6 Å². The van der Waals surface area contributed by atoms with Crippen molar-refractivity contribution in [3.8, 4) is 0 Å². The van der Waals surface area contributed by atoms with Crippen LogP contribution in [0.2, 0.25) is 10.0 Å². The SMILES string of the molecule is O=C(O)/C=C\C(=O)N(CC1CCCCC1)c1ccccc1C(O)c1cccc(Cl)c1Cl. The molecule has 1 amide bonds. The van der Waals surface area contributed by atoms with Crippen LogP contribution in [0.1, 0.15) is 49.3 Å². The van der Waals surface area contributed by atoms with Crippen LogP contribution in [-0.2, 0) is 9.59 Å². The highest BCUT2D eigenvalue weighted by molar-refractivity contribution is 6.42. The van der Waals surface area contributed by atoms with E-state index in [9.17, 15) is 14.7 Å². The Hall–Kier alpha value is -2.34. The number of para-hydroxylation sites is 1. The monoisotopic (exact) mass is 461 g/mol. The van der Waals surface area contributed by atoms with Crippen molar-refractivity contribution in [1.82, 2.24) is 0 Å². The molecular formula is C24H25Cl2NO4. The standard InChI is InChI=1S/C24H25Cl2NO4/c25-19-11-6-10-18(23(19)26)24(31)17-9-4-5-12-20(17)27(21(28)13-14-22(29)30)15-16-7-2-1-3-8-16/h4-6,9-14,16,24,31H,1-3,7-8,15H2,(H,29,30)/b14-13-. The highest BCUT2D eigenvalue weighted by Gasteiger charge is 2.26. The fourth-order valence-corrected chi connectivity index (χ4v) is 4.44. The molecule has 1 aliphatic rings. The van der Waals surface area contributed by atoms with E-state index < -0.39 is 18.0 Å². The molecule has 1 fully saturated rings. The summed E-state index contributed by atoms with van der Waals surface area (Å²) in [5.41, 5.74) is 1.46. The van der Waals surface area contributed by atoms with E-state index in [-0.39, 0.29) is 5.02 Å². The summed E-state index contributed by atoms with van der Waals surface area (Å²) in [5, 5.41) is 20.7. The molecule has 0 radical (unpaired) electrons. The molecule has 1 aliphatic carbocycles. The van der Waals surface area contributed by atoms with Gasteiger partial charge in [0.2, 0.25) is 0 Å². The number of anilines is 1. The average molecular weight is 462 g/mol. The topological polar surface area (TPSA) is 77.8 Å². The Bertz CT molecular complexity index is 970. The molecule has 31 heavy (non-hydrogen) atoms. The largest absolute Gasteiger partial charge is 0.478 e. The van der Waals surface area contributed by atoms with E-state index in [0.717, 1.165) is 37.8 Å². The number of carbonyl (C=O) groups excluding carboxylic acids is 1. The van der Waals surface area contributed by atoms with Crippen molar-refractivity contribution in [2.45, 2.75) is 38.2 Å². The molecule has 2 aromatic carbocycles. The zero-order valence-electron chi connectivity index (χ0n) is 17.0. The molecule has 5 nitrogen and oxygen atoms in total. The summed E-state index contributed by atoms with van der Waals surface area (Å²) in [7, 11) is 0. The molecule has 2 N–H and O–H groups in total. The third-order valence-corrected chi connectivity index (χ3v) is 6.43. The van der Waals surface area contributed by atoms with E-state index in [1.807, 2.05) is 0 Å². The predicted octanol–water partition coefficient (Wildman–Crippen LogP) is 5.63. The van der Waals surface area contributed by atoms with Gasteiger partial charge >= 0.3 is 5.97 Å². The number of aliphatic hydroxyl groups is 1. The first-order valence-corrected chi connectivity index (χ1v) is 11.1. The van der Waals surface area contributed by atoms with Gasteiger partial charge in [0.05, 0.1) is 15.7 Å². The summed E-state index contributed by atoms with van der Waals surface area (Å²) in [6, 6.07) is 12.1. The number of rotatable bonds is 7. The Morgan fingerprint density at radius 1 is 1.00 bits per heavy atom. The minimum Gasteiger partial charge on any atom is -0.478 e. The summed E-state index contributed by atoms with van der Waals surface area (Å²) in [6.45, 7) is 0.454. The fourth-order valence-electron chi connectivity index (χ4n) is 4.03. The van der Waals surface area contributed by atoms with Gasteiger partial charge in [-0.2, -0.15) is 0 Å². The van der Waals surface area contributed by atoms with Gasteiger partial charge in [0.25, 0.3) is 5.91 Å². The summed E-state index contributed by atoms with van der Waals surface area (Å²) >= 11 is 12.4. The molecular weight excluding hydrogens is 437 g/mol. The number of hydrogen-bond acceptors (Lipinski definition) is 3. The van der Waals surface area contributed by atoms with Crippen LogP contribution >= 0.6 is 23.2 Å². The van der Waals surface area contributed by atoms with Crippen molar-refractivity contribution < 1.29 is 19.8 Å². The lowest BCUT2D eigenvalue weighted by molar-refractivity contribution is -0.131. The number of aliphatic carboxylic acids is 1. The number of amides is 1. The van der Waals surface area contributed by atoms with Gasteiger partial charge in [0.1, 0.15) is 6.10 Å². The van der Waals surface area contributed by atoms with Crippen LogP contribution in [0.25, 0.3) is 0 Å². The Kier molecular flexibility index (Phi) is 8.13. The van der Waals surface area contributed by atoms with Crippen molar-refractivity contribution in [1.29, 1.82) is 0 Å². The molecule has 2 aromatic rings. The number of halogens is 2. The lowest BCUT2D eigenvalue weighted by atomic mass is 9.88. The van der Waals surface area contributed by atoms with Gasteiger partial charge in [-0.25, -0.2) is 4.79 Å². The Balaban J connectivity index is 2.01. The highest BCUT2D eigenvalue weighted by atomic mass is 35.5. The van der Waals surface area contributed by atoms with Gasteiger partial charge < -0.3 is 15.1 Å². The molecule has 1 atom stereocenters. The Morgan fingerprint density at radius 3 is 2.39 bits per heavy atom. The maximum Gasteiger partial charge on any atom is 0.328 e. The molecule has 0 aromatic heterocycles. The van der Waals surface area contributed by atoms with E-state index in [1.165, 1.54) is 6.42 Å². The van der Waals surface area contributed by atoms with Crippen molar-refractivity contribution in [3.05, 3.63) is 75.8 Å². The molecule has 0 saturated heterocycles.